The predicted octanol–water partition coefficient (Wildman–Crippen LogP) is 1.52. The molecule has 1 saturated heterocycles. The number of nitrogens with one attached hydrogen (secondary N) is 1. The summed E-state index contributed by atoms with van der Waals surface area (Å²) in [4.78, 5) is 25.3. The molecule has 5 heteroatoms. The summed E-state index contributed by atoms with van der Waals surface area (Å²) >= 11 is 0. The lowest BCUT2D eigenvalue weighted by molar-refractivity contribution is -0.139. The number of alkyl carbamates (subject to hydrolysis) is 1. The van der Waals surface area contributed by atoms with Gasteiger partial charge in [0.15, 0.2) is 0 Å². The minimum atomic E-state index is -0.346. The standard InChI is InChI=1S/C13H22N2O3/c1-2-18-13(17)14-11-6-8-15(9-7-11)12(16)10-4-3-5-10/h10-11H,2-9H2,1H3,(H,14,17). The van der Waals surface area contributed by atoms with E-state index in [0.29, 0.717) is 12.5 Å². The first kappa shape index (κ1) is 13.2. The van der Waals surface area contributed by atoms with Crippen LogP contribution in [0.1, 0.15) is 39.0 Å². The van der Waals surface area contributed by atoms with Crippen LogP contribution in [0.15, 0.2) is 0 Å². The van der Waals surface area contributed by atoms with Gasteiger partial charge in [0, 0.05) is 25.0 Å². The van der Waals surface area contributed by atoms with Crippen molar-refractivity contribution in [3.05, 3.63) is 0 Å². The SMILES string of the molecule is CCOC(=O)NC1CCN(C(=O)C2CCC2)CC1. The highest BCUT2D eigenvalue weighted by Gasteiger charge is 2.31. The molecule has 2 aliphatic rings. The number of ether oxygens (including phenoxy) is 1. The zero-order valence-corrected chi connectivity index (χ0v) is 11.0. The first-order valence-electron chi connectivity index (χ1n) is 6.92. The quantitative estimate of drug-likeness (QED) is 0.830. The third-order valence-electron chi connectivity index (χ3n) is 3.86. The number of carbonyl (C=O) groups excluding carboxylic acids is 2. The summed E-state index contributed by atoms with van der Waals surface area (Å²) in [5.74, 6) is 0.593. The van der Waals surface area contributed by atoms with Gasteiger partial charge < -0.3 is 15.0 Å². The van der Waals surface area contributed by atoms with Crippen molar-refractivity contribution in [2.75, 3.05) is 19.7 Å². The fraction of sp³-hybridized carbons (Fsp3) is 0.846. The number of amides is 2. The molecule has 0 aromatic rings. The summed E-state index contributed by atoms with van der Waals surface area (Å²) in [5.41, 5.74) is 0. The van der Waals surface area contributed by atoms with E-state index in [-0.39, 0.29) is 18.1 Å². The summed E-state index contributed by atoms with van der Waals surface area (Å²) in [6.07, 6.45) is 4.62. The molecule has 0 bridgehead atoms. The van der Waals surface area contributed by atoms with Gasteiger partial charge in [0.1, 0.15) is 0 Å². The van der Waals surface area contributed by atoms with Gasteiger partial charge in [-0.2, -0.15) is 0 Å². The Kier molecular flexibility index (Phi) is 4.44. The summed E-state index contributed by atoms with van der Waals surface area (Å²) in [7, 11) is 0. The molecule has 1 N–H and O–H groups in total. The molecule has 0 spiro atoms. The monoisotopic (exact) mass is 254 g/mol. The molecule has 2 fully saturated rings. The molecule has 2 amide bonds. The molecule has 1 heterocycles. The molecule has 0 unspecified atom stereocenters. The second-order valence-corrected chi connectivity index (χ2v) is 5.09. The highest BCUT2D eigenvalue weighted by atomic mass is 16.5. The first-order valence-corrected chi connectivity index (χ1v) is 6.92. The molecular weight excluding hydrogens is 232 g/mol. The Morgan fingerprint density at radius 2 is 1.89 bits per heavy atom. The smallest absolute Gasteiger partial charge is 0.407 e. The van der Waals surface area contributed by atoms with Crippen molar-refractivity contribution in [1.82, 2.24) is 10.2 Å². The van der Waals surface area contributed by atoms with E-state index < -0.39 is 0 Å². The summed E-state index contributed by atoms with van der Waals surface area (Å²) in [5, 5.41) is 2.84. The van der Waals surface area contributed by atoms with Gasteiger partial charge in [-0.1, -0.05) is 6.42 Å². The normalized spacial score (nSPS) is 21.3. The Balaban J connectivity index is 1.70. The number of hydrogen-bond acceptors (Lipinski definition) is 3. The van der Waals surface area contributed by atoms with Crippen molar-refractivity contribution < 1.29 is 14.3 Å². The molecule has 1 saturated carbocycles. The van der Waals surface area contributed by atoms with Crippen LogP contribution in [0.5, 0.6) is 0 Å². The molecule has 18 heavy (non-hydrogen) atoms. The zero-order chi connectivity index (χ0) is 13.0. The topological polar surface area (TPSA) is 58.6 Å². The van der Waals surface area contributed by atoms with Crippen LogP contribution in [-0.4, -0.2) is 42.6 Å². The van der Waals surface area contributed by atoms with E-state index >= 15 is 0 Å². The van der Waals surface area contributed by atoms with Crippen LogP contribution in [0.3, 0.4) is 0 Å². The van der Waals surface area contributed by atoms with Crippen LogP contribution in [-0.2, 0) is 9.53 Å². The number of nitrogens with zero attached hydrogens (tertiary/aromatic N) is 1. The maximum Gasteiger partial charge on any atom is 0.407 e. The first-order chi connectivity index (χ1) is 8.70. The average Bonchev–Trinajstić information content (AvgIpc) is 2.27. The molecule has 2 rings (SSSR count). The number of rotatable bonds is 3. The highest BCUT2D eigenvalue weighted by Crippen LogP contribution is 2.29. The van der Waals surface area contributed by atoms with Crippen molar-refractivity contribution in [1.29, 1.82) is 0 Å². The lowest BCUT2D eigenvalue weighted by Crippen LogP contribution is -2.48. The van der Waals surface area contributed by atoms with Crippen LogP contribution in [0.4, 0.5) is 4.79 Å². The average molecular weight is 254 g/mol. The van der Waals surface area contributed by atoms with Crippen molar-refractivity contribution in [3.8, 4) is 0 Å². The Morgan fingerprint density at radius 3 is 2.39 bits per heavy atom. The summed E-state index contributed by atoms with van der Waals surface area (Å²) < 4.78 is 4.85. The van der Waals surface area contributed by atoms with Gasteiger partial charge >= 0.3 is 6.09 Å². The molecule has 0 radical (unpaired) electrons. The minimum absolute atomic E-state index is 0.148. The van der Waals surface area contributed by atoms with Crippen LogP contribution < -0.4 is 5.32 Å². The third-order valence-corrected chi connectivity index (χ3v) is 3.86. The van der Waals surface area contributed by atoms with Crippen molar-refractivity contribution in [3.63, 3.8) is 0 Å². The fourth-order valence-corrected chi connectivity index (χ4v) is 2.50. The van der Waals surface area contributed by atoms with Crippen LogP contribution >= 0.6 is 0 Å². The molecule has 0 aromatic carbocycles. The van der Waals surface area contributed by atoms with Crippen molar-refractivity contribution >= 4 is 12.0 Å². The van der Waals surface area contributed by atoms with E-state index in [4.69, 9.17) is 4.74 Å². The molecule has 0 atom stereocenters. The maximum atomic E-state index is 12.0. The molecule has 1 aliphatic heterocycles. The van der Waals surface area contributed by atoms with Gasteiger partial charge in [-0.3, -0.25) is 4.79 Å². The second kappa shape index (κ2) is 6.07. The van der Waals surface area contributed by atoms with E-state index in [2.05, 4.69) is 5.32 Å². The Bertz CT molecular complexity index is 307. The van der Waals surface area contributed by atoms with Gasteiger partial charge in [-0.25, -0.2) is 4.79 Å². The van der Waals surface area contributed by atoms with Crippen molar-refractivity contribution in [2.45, 2.75) is 45.1 Å². The van der Waals surface area contributed by atoms with E-state index in [1.54, 1.807) is 6.92 Å². The summed E-state index contributed by atoms with van der Waals surface area (Å²) in [6, 6.07) is 0.148. The predicted molar refractivity (Wildman–Crippen MR) is 67.1 cm³/mol. The number of likely N-dealkylation sites (tertiary alicyclic amines) is 1. The molecule has 1 aliphatic carbocycles. The number of hydrogen-bond donors (Lipinski definition) is 1. The van der Waals surface area contributed by atoms with Gasteiger partial charge in [0.25, 0.3) is 0 Å². The Labute approximate surface area is 108 Å². The molecular formula is C13H22N2O3. The van der Waals surface area contributed by atoms with Gasteiger partial charge in [-0.15, -0.1) is 0 Å². The fourth-order valence-electron chi connectivity index (χ4n) is 2.50. The summed E-state index contributed by atoms with van der Waals surface area (Å²) in [6.45, 7) is 3.70. The molecule has 102 valence electrons. The van der Waals surface area contributed by atoms with Crippen molar-refractivity contribution in [2.24, 2.45) is 5.92 Å². The largest absolute Gasteiger partial charge is 0.450 e. The van der Waals surface area contributed by atoms with E-state index in [9.17, 15) is 9.59 Å². The van der Waals surface area contributed by atoms with Crippen LogP contribution in [0.25, 0.3) is 0 Å². The zero-order valence-electron chi connectivity index (χ0n) is 11.0. The lowest BCUT2D eigenvalue weighted by atomic mass is 9.84. The maximum absolute atomic E-state index is 12.0. The second-order valence-electron chi connectivity index (χ2n) is 5.09. The van der Waals surface area contributed by atoms with Crippen LogP contribution in [0, 0.1) is 5.92 Å². The Hall–Kier alpha value is -1.26. The van der Waals surface area contributed by atoms with Gasteiger partial charge in [-0.05, 0) is 32.6 Å². The highest BCUT2D eigenvalue weighted by molar-refractivity contribution is 5.79. The minimum Gasteiger partial charge on any atom is -0.450 e. The van der Waals surface area contributed by atoms with Crippen LogP contribution in [0.2, 0.25) is 0 Å². The van der Waals surface area contributed by atoms with E-state index in [1.807, 2.05) is 4.90 Å². The van der Waals surface area contributed by atoms with Gasteiger partial charge in [0.2, 0.25) is 5.91 Å². The van der Waals surface area contributed by atoms with E-state index in [0.717, 1.165) is 38.8 Å². The Morgan fingerprint density at radius 1 is 1.22 bits per heavy atom. The number of piperidine rings is 1. The van der Waals surface area contributed by atoms with Gasteiger partial charge in [0.05, 0.1) is 6.61 Å². The lowest BCUT2D eigenvalue weighted by Gasteiger charge is -2.36. The molecule has 0 aromatic heterocycles. The molecule has 5 nitrogen and oxygen atoms in total. The van der Waals surface area contributed by atoms with E-state index in [1.165, 1.54) is 6.42 Å². The number of carbonyl (C=O) groups is 2. The third kappa shape index (κ3) is 3.15.